The van der Waals surface area contributed by atoms with Crippen molar-refractivity contribution in [1.29, 1.82) is 0 Å². The number of anilines is 1. The van der Waals surface area contributed by atoms with E-state index in [1.54, 1.807) is 17.0 Å². The third-order valence-corrected chi connectivity index (χ3v) is 4.30. The van der Waals surface area contributed by atoms with E-state index in [0.717, 1.165) is 24.2 Å². The van der Waals surface area contributed by atoms with E-state index >= 15 is 0 Å². The third kappa shape index (κ3) is 4.94. The second kappa shape index (κ2) is 7.79. The number of hydrogen-bond donors (Lipinski definition) is 1. The molecular formula is C17H24ClN3O2. The summed E-state index contributed by atoms with van der Waals surface area (Å²) in [4.78, 5) is 28.3. The molecule has 1 saturated heterocycles. The number of carbonyl (C=O) groups is 2. The summed E-state index contributed by atoms with van der Waals surface area (Å²) < 4.78 is 0. The van der Waals surface area contributed by atoms with Crippen LogP contribution in [0.4, 0.5) is 5.69 Å². The van der Waals surface area contributed by atoms with Gasteiger partial charge in [-0.25, -0.2) is 0 Å². The summed E-state index contributed by atoms with van der Waals surface area (Å²) >= 11 is 5.92. The Hall–Kier alpha value is -1.59. The van der Waals surface area contributed by atoms with E-state index in [0.29, 0.717) is 24.5 Å². The van der Waals surface area contributed by atoms with Crippen molar-refractivity contribution < 1.29 is 9.59 Å². The minimum atomic E-state index is -0.281. The Balaban J connectivity index is 1.89. The summed E-state index contributed by atoms with van der Waals surface area (Å²) in [5.74, 6) is -0.312. The first-order valence-corrected chi connectivity index (χ1v) is 8.24. The molecule has 1 aliphatic heterocycles. The summed E-state index contributed by atoms with van der Waals surface area (Å²) in [6.45, 7) is 4.05. The Morgan fingerprint density at radius 2 is 2.17 bits per heavy atom. The summed E-state index contributed by atoms with van der Waals surface area (Å²) in [7, 11) is 4.02. The molecule has 126 valence electrons. The van der Waals surface area contributed by atoms with Crippen molar-refractivity contribution in [1.82, 2.24) is 9.80 Å². The van der Waals surface area contributed by atoms with E-state index < -0.39 is 0 Å². The number of hydrogen-bond acceptors (Lipinski definition) is 3. The van der Waals surface area contributed by atoms with Crippen LogP contribution in [0.1, 0.15) is 18.4 Å². The first-order valence-electron chi connectivity index (χ1n) is 7.86. The number of nitrogens with zero attached hydrogens (tertiary/aromatic N) is 2. The van der Waals surface area contributed by atoms with Gasteiger partial charge in [-0.1, -0.05) is 11.6 Å². The van der Waals surface area contributed by atoms with Gasteiger partial charge in [0.15, 0.2) is 0 Å². The molecule has 1 heterocycles. The van der Waals surface area contributed by atoms with Crippen LogP contribution in [0.2, 0.25) is 5.02 Å². The molecule has 23 heavy (non-hydrogen) atoms. The van der Waals surface area contributed by atoms with E-state index in [-0.39, 0.29) is 17.7 Å². The highest BCUT2D eigenvalue weighted by molar-refractivity contribution is 6.30. The highest BCUT2D eigenvalue weighted by atomic mass is 35.5. The molecule has 0 radical (unpaired) electrons. The lowest BCUT2D eigenvalue weighted by molar-refractivity contribution is -0.128. The molecule has 1 aromatic rings. The monoisotopic (exact) mass is 337 g/mol. The maximum absolute atomic E-state index is 12.4. The van der Waals surface area contributed by atoms with Gasteiger partial charge in [-0.15, -0.1) is 0 Å². The topological polar surface area (TPSA) is 52.7 Å². The second-order valence-electron chi connectivity index (χ2n) is 6.35. The fraction of sp³-hybridized carbons (Fsp3) is 0.529. The van der Waals surface area contributed by atoms with E-state index in [1.165, 1.54) is 0 Å². The molecule has 0 spiro atoms. The maximum atomic E-state index is 12.4. The molecule has 0 aliphatic carbocycles. The van der Waals surface area contributed by atoms with Crippen molar-refractivity contribution in [2.45, 2.75) is 19.8 Å². The van der Waals surface area contributed by atoms with Gasteiger partial charge >= 0.3 is 0 Å². The fourth-order valence-electron chi connectivity index (χ4n) is 2.74. The van der Waals surface area contributed by atoms with Crippen LogP contribution in [0.15, 0.2) is 18.2 Å². The van der Waals surface area contributed by atoms with Gasteiger partial charge in [-0.2, -0.15) is 0 Å². The zero-order valence-corrected chi connectivity index (χ0v) is 14.7. The van der Waals surface area contributed by atoms with Crippen LogP contribution in [0.3, 0.4) is 0 Å². The zero-order valence-electron chi connectivity index (χ0n) is 13.9. The van der Waals surface area contributed by atoms with Gasteiger partial charge in [0.05, 0.1) is 5.92 Å². The van der Waals surface area contributed by atoms with E-state index in [4.69, 9.17) is 11.6 Å². The molecule has 1 aliphatic rings. The van der Waals surface area contributed by atoms with Crippen molar-refractivity contribution in [2.75, 3.05) is 39.0 Å². The second-order valence-corrected chi connectivity index (χ2v) is 6.78. The van der Waals surface area contributed by atoms with Gasteiger partial charge in [0, 0.05) is 30.2 Å². The number of nitrogens with one attached hydrogen (secondary N) is 1. The SMILES string of the molecule is Cc1cc(Cl)ccc1NC(=O)C1CC(=O)N(CCCN(C)C)C1. The normalized spacial score (nSPS) is 17.9. The van der Waals surface area contributed by atoms with Crippen LogP contribution in [0.5, 0.6) is 0 Å². The van der Waals surface area contributed by atoms with Gasteiger partial charge in [0.1, 0.15) is 0 Å². The first-order chi connectivity index (χ1) is 10.9. The van der Waals surface area contributed by atoms with Gasteiger partial charge in [0.2, 0.25) is 11.8 Å². The number of carbonyl (C=O) groups excluding carboxylic acids is 2. The summed E-state index contributed by atoms with van der Waals surface area (Å²) in [6, 6.07) is 5.35. The molecule has 2 rings (SSSR count). The highest BCUT2D eigenvalue weighted by Gasteiger charge is 2.34. The Morgan fingerprint density at radius 3 is 2.83 bits per heavy atom. The lowest BCUT2D eigenvalue weighted by atomic mass is 10.1. The van der Waals surface area contributed by atoms with Crippen molar-refractivity contribution in [3.05, 3.63) is 28.8 Å². The summed E-state index contributed by atoms with van der Waals surface area (Å²) in [5, 5.41) is 3.55. The lowest BCUT2D eigenvalue weighted by Crippen LogP contribution is -2.30. The minimum absolute atomic E-state index is 0.0664. The summed E-state index contributed by atoms with van der Waals surface area (Å²) in [5.41, 5.74) is 1.66. The van der Waals surface area contributed by atoms with E-state index in [1.807, 2.05) is 27.1 Å². The number of aryl methyl sites for hydroxylation is 1. The molecule has 0 bridgehead atoms. The standard InChI is InChI=1S/C17H24ClN3O2/c1-12-9-14(18)5-6-15(12)19-17(23)13-10-16(22)21(11-13)8-4-7-20(2)3/h5-6,9,13H,4,7-8,10-11H2,1-3H3,(H,19,23). The molecule has 2 amide bonds. The molecule has 6 heteroatoms. The quantitative estimate of drug-likeness (QED) is 0.867. The number of rotatable bonds is 6. The number of likely N-dealkylation sites (tertiary alicyclic amines) is 1. The van der Waals surface area contributed by atoms with Crippen molar-refractivity contribution in [2.24, 2.45) is 5.92 Å². The largest absolute Gasteiger partial charge is 0.342 e. The van der Waals surface area contributed by atoms with Crippen LogP contribution < -0.4 is 5.32 Å². The average Bonchev–Trinajstić information content (AvgIpc) is 2.83. The molecule has 1 unspecified atom stereocenters. The van der Waals surface area contributed by atoms with E-state index in [2.05, 4.69) is 10.2 Å². The Morgan fingerprint density at radius 1 is 1.43 bits per heavy atom. The fourth-order valence-corrected chi connectivity index (χ4v) is 2.97. The number of halogens is 1. The predicted molar refractivity (Wildman–Crippen MR) is 92.7 cm³/mol. The van der Waals surface area contributed by atoms with Crippen LogP contribution in [0.25, 0.3) is 0 Å². The van der Waals surface area contributed by atoms with E-state index in [9.17, 15) is 9.59 Å². The molecule has 1 atom stereocenters. The van der Waals surface area contributed by atoms with Gasteiger partial charge in [0.25, 0.3) is 0 Å². The third-order valence-electron chi connectivity index (χ3n) is 4.06. The molecule has 0 saturated carbocycles. The van der Waals surface area contributed by atoms with Crippen LogP contribution in [-0.2, 0) is 9.59 Å². The minimum Gasteiger partial charge on any atom is -0.342 e. The Bertz CT molecular complexity index is 589. The average molecular weight is 338 g/mol. The highest BCUT2D eigenvalue weighted by Crippen LogP contribution is 2.23. The van der Waals surface area contributed by atoms with Gasteiger partial charge in [-0.05, 0) is 57.7 Å². The molecular weight excluding hydrogens is 314 g/mol. The van der Waals surface area contributed by atoms with Crippen LogP contribution in [-0.4, -0.2) is 55.3 Å². The van der Waals surface area contributed by atoms with Crippen LogP contribution in [0, 0.1) is 12.8 Å². The Labute approximate surface area is 142 Å². The van der Waals surface area contributed by atoms with Crippen molar-refractivity contribution in [3.63, 3.8) is 0 Å². The maximum Gasteiger partial charge on any atom is 0.229 e. The van der Waals surface area contributed by atoms with Crippen molar-refractivity contribution in [3.8, 4) is 0 Å². The zero-order chi connectivity index (χ0) is 17.0. The van der Waals surface area contributed by atoms with Gasteiger partial charge in [-0.3, -0.25) is 9.59 Å². The molecule has 0 aromatic heterocycles. The van der Waals surface area contributed by atoms with Crippen molar-refractivity contribution >= 4 is 29.1 Å². The number of amides is 2. The molecule has 5 nitrogen and oxygen atoms in total. The lowest BCUT2D eigenvalue weighted by Gasteiger charge is -2.18. The molecule has 1 N–H and O–H groups in total. The summed E-state index contributed by atoms with van der Waals surface area (Å²) in [6.07, 6.45) is 1.21. The van der Waals surface area contributed by atoms with Crippen LogP contribution >= 0.6 is 11.6 Å². The molecule has 1 fully saturated rings. The van der Waals surface area contributed by atoms with Gasteiger partial charge < -0.3 is 15.1 Å². The predicted octanol–water partition coefficient (Wildman–Crippen LogP) is 2.39. The smallest absolute Gasteiger partial charge is 0.229 e. The molecule has 1 aromatic carbocycles. The number of benzene rings is 1. The first kappa shape index (κ1) is 17.8. The Kier molecular flexibility index (Phi) is 6.02.